The highest BCUT2D eigenvalue weighted by Crippen LogP contribution is 2.42. The smallest absolute Gasteiger partial charge is 0.330 e. The molecule has 2 heterocycles. The molecule has 0 spiro atoms. The number of aliphatic imine (C=N–C) groups is 1. The van der Waals surface area contributed by atoms with Gasteiger partial charge in [-0.2, -0.15) is 0 Å². The minimum absolute atomic E-state index is 0.103. The van der Waals surface area contributed by atoms with Crippen LogP contribution in [0.15, 0.2) is 130 Å². The second-order valence-corrected chi connectivity index (χ2v) is 11.2. The van der Waals surface area contributed by atoms with Crippen LogP contribution in [0.3, 0.4) is 0 Å². The summed E-state index contributed by atoms with van der Waals surface area (Å²) in [6.45, 7) is 1.74. The molecule has 1 aliphatic heterocycles. The fraction of sp³-hybridized carbons (Fsp3) is 0.216. The van der Waals surface area contributed by atoms with E-state index in [-0.39, 0.29) is 12.4 Å². The predicted octanol–water partition coefficient (Wildman–Crippen LogP) is 5.34. The van der Waals surface area contributed by atoms with E-state index in [1.54, 1.807) is 38.4 Å². The van der Waals surface area contributed by atoms with Gasteiger partial charge in [-0.05, 0) is 47.9 Å². The zero-order valence-corrected chi connectivity index (χ0v) is 25.6. The molecule has 46 heavy (non-hydrogen) atoms. The van der Waals surface area contributed by atoms with Crippen LogP contribution < -0.4 is 16.0 Å². The molecule has 4 aromatic carbocycles. The number of rotatable bonds is 10. The Balaban J connectivity index is 1.41. The molecule has 1 aromatic heterocycles. The fourth-order valence-corrected chi connectivity index (χ4v) is 5.89. The van der Waals surface area contributed by atoms with Gasteiger partial charge in [0.05, 0.1) is 19.8 Å². The number of para-hydroxylation sites is 1. The highest BCUT2D eigenvalue weighted by atomic mass is 16.6. The van der Waals surface area contributed by atoms with E-state index < -0.39 is 35.2 Å². The monoisotopic (exact) mass is 617 g/mol. The van der Waals surface area contributed by atoms with Crippen molar-refractivity contribution in [1.82, 2.24) is 9.55 Å². The maximum atomic E-state index is 12.9. The molecule has 3 atom stereocenters. The number of nitrogens with zero attached hydrogens (tertiary/aromatic N) is 2. The van der Waals surface area contributed by atoms with Gasteiger partial charge >= 0.3 is 5.69 Å². The quantitative estimate of drug-likeness (QED) is 0.162. The van der Waals surface area contributed by atoms with Crippen LogP contribution in [0.1, 0.15) is 40.5 Å². The van der Waals surface area contributed by atoms with Crippen LogP contribution in [0.25, 0.3) is 0 Å². The van der Waals surface area contributed by atoms with Gasteiger partial charge in [-0.25, -0.2) is 4.79 Å². The average molecular weight is 618 g/mol. The van der Waals surface area contributed by atoms with Crippen molar-refractivity contribution in [3.05, 3.63) is 164 Å². The van der Waals surface area contributed by atoms with Crippen molar-refractivity contribution in [3.63, 3.8) is 0 Å². The van der Waals surface area contributed by atoms with E-state index in [0.717, 1.165) is 22.4 Å². The number of benzene rings is 4. The van der Waals surface area contributed by atoms with E-state index >= 15 is 0 Å². The molecule has 1 aliphatic rings. The molecule has 234 valence electrons. The number of aromatic hydroxyl groups is 1. The third-order valence-corrected chi connectivity index (χ3v) is 8.32. The summed E-state index contributed by atoms with van der Waals surface area (Å²) < 4.78 is 20.4. The van der Waals surface area contributed by atoms with Crippen molar-refractivity contribution in [2.75, 3.05) is 13.7 Å². The van der Waals surface area contributed by atoms with Crippen molar-refractivity contribution >= 4 is 6.21 Å². The molecule has 1 saturated heterocycles. The molecule has 6 rings (SSSR count). The van der Waals surface area contributed by atoms with Gasteiger partial charge in [-0.1, -0.05) is 84.9 Å². The summed E-state index contributed by atoms with van der Waals surface area (Å²) in [5.41, 5.74) is 1.64. The van der Waals surface area contributed by atoms with Gasteiger partial charge in [0.15, 0.2) is 0 Å². The minimum atomic E-state index is -1.03. The van der Waals surface area contributed by atoms with Crippen LogP contribution >= 0.6 is 0 Å². The summed E-state index contributed by atoms with van der Waals surface area (Å²) in [4.78, 5) is 32.2. The molecular weight excluding hydrogens is 582 g/mol. The molecule has 0 bridgehead atoms. The highest BCUT2D eigenvalue weighted by molar-refractivity contribution is 5.83. The maximum Gasteiger partial charge on any atom is 0.330 e. The Kier molecular flexibility index (Phi) is 8.96. The number of hydrogen-bond donors (Lipinski definition) is 2. The second-order valence-electron chi connectivity index (χ2n) is 11.2. The number of phenolic OH excluding ortho intramolecular Hbond substituents is 1. The molecule has 0 saturated carbocycles. The van der Waals surface area contributed by atoms with Gasteiger partial charge in [0.25, 0.3) is 5.56 Å². The van der Waals surface area contributed by atoms with Gasteiger partial charge < -0.3 is 19.3 Å². The Morgan fingerprint density at radius 3 is 2.15 bits per heavy atom. The summed E-state index contributed by atoms with van der Waals surface area (Å²) in [5, 5.41) is 10.4. The highest BCUT2D eigenvalue weighted by Gasteiger charge is 2.42. The van der Waals surface area contributed by atoms with Crippen LogP contribution in [0.2, 0.25) is 0 Å². The van der Waals surface area contributed by atoms with Gasteiger partial charge in [0.1, 0.15) is 29.4 Å². The molecule has 0 radical (unpaired) electrons. The molecule has 1 fully saturated rings. The first-order valence-electron chi connectivity index (χ1n) is 15.1. The summed E-state index contributed by atoms with van der Waals surface area (Å²) in [5.74, 6) is 0.828. The molecule has 0 aliphatic carbocycles. The van der Waals surface area contributed by atoms with Crippen LogP contribution in [0.4, 0.5) is 0 Å². The number of aromatic nitrogens is 2. The lowest BCUT2D eigenvalue weighted by atomic mass is 9.80. The van der Waals surface area contributed by atoms with E-state index in [1.807, 2.05) is 91.0 Å². The summed E-state index contributed by atoms with van der Waals surface area (Å²) >= 11 is 0. The number of aryl methyl sites for hydroxylation is 1. The summed E-state index contributed by atoms with van der Waals surface area (Å²) in [6, 6.07) is 34.3. The lowest BCUT2D eigenvalue weighted by molar-refractivity contribution is -0.0795. The fourth-order valence-electron chi connectivity index (χ4n) is 5.89. The van der Waals surface area contributed by atoms with Gasteiger partial charge in [0.2, 0.25) is 0 Å². The Bertz CT molecular complexity index is 1880. The van der Waals surface area contributed by atoms with E-state index in [9.17, 15) is 14.7 Å². The Morgan fingerprint density at radius 1 is 0.913 bits per heavy atom. The van der Waals surface area contributed by atoms with Crippen LogP contribution in [-0.2, 0) is 15.1 Å². The Labute approximate surface area is 266 Å². The molecule has 2 N–H and O–H groups in total. The standard InChI is InChI=1S/C37H35N3O6/c1-25-23-40(36(43)39-35(25)42)34-21-31(38-22-26-11-9-10-16-32(26)41)33(46-34)24-45-37(27-12-5-3-6-13-27,28-14-7-4-8-15-28)29-17-19-30(44-2)20-18-29/h3-20,22-23,31,33-34,41H,21,24H2,1-2H3,(H,39,42,43)/t31-,33+,34+/m0/s1. The van der Waals surface area contributed by atoms with Crippen molar-refractivity contribution in [3.8, 4) is 11.5 Å². The van der Waals surface area contributed by atoms with Crippen molar-refractivity contribution < 1.29 is 19.3 Å². The molecular formula is C37H35N3O6. The lowest BCUT2D eigenvalue weighted by Crippen LogP contribution is -2.38. The Hall–Kier alpha value is -5.25. The number of phenols is 1. The minimum Gasteiger partial charge on any atom is -0.507 e. The first-order valence-corrected chi connectivity index (χ1v) is 15.1. The van der Waals surface area contributed by atoms with Crippen LogP contribution in [-0.4, -0.2) is 46.7 Å². The van der Waals surface area contributed by atoms with E-state index in [1.165, 1.54) is 10.8 Å². The van der Waals surface area contributed by atoms with Crippen molar-refractivity contribution in [2.45, 2.75) is 37.3 Å². The van der Waals surface area contributed by atoms with Crippen molar-refractivity contribution in [2.24, 2.45) is 4.99 Å². The number of methoxy groups -OCH3 is 1. The lowest BCUT2D eigenvalue weighted by Gasteiger charge is -2.37. The van der Waals surface area contributed by atoms with Gasteiger partial charge in [-0.3, -0.25) is 19.3 Å². The van der Waals surface area contributed by atoms with Gasteiger partial charge in [-0.15, -0.1) is 0 Å². The molecule has 0 amide bonds. The summed E-state index contributed by atoms with van der Waals surface area (Å²) in [7, 11) is 1.63. The van der Waals surface area contributed by atoms with E-state index in [0.29, 0.717) is 17.5 Å². The predicted molar refractivity (Wildman–Crippen MR) is 176 cm³/mol. The zero-order chi connectivity index (χ0) is 32.1. The molecule has 5 aromatic rings. The normalized spacial score (nSPS) is 18.2. The molecule has 9 nitrogen and oxygen atoms in total. The van der Waals surface area contributed by atoms with Crippen molar-refractivity contribution in [1.29, 1.82) is 0 Å². The topological polar surface area (TPSA) is 115 Å². The number of H-pyrrole nitrogens is 1. The molecule has 9 heteroatoms. The first kappa shape index (κ1) is 30.8. The number of ether oxygens (including phenoxy) is 3. The van der Waals surface area contributed by atoms with E-state index in [2.05, 4.69) is 4.98 Å². The summed E-state index contributed by atoms with van der Waals surface area (Å²) in [6.07, 6.45) is 2.18. The SMILES string of the molecule is COc1ccc(C(OC[C@H]2O[C@@H](n3cc(C)c(=O)[nH]c3=O)C[C@@H]2N=Cc2ccccc2O)(c2ccccc2)c2ccccc2)cc1. The number of aromatic amines is 1. The van der Waals surface area contributed by atoms with Crippen LogP contribution in [0.5, 0.6) is 11.5 Å². The zero-order valence-electron chi connectivity index (χ0n) is 25.6. The Morgan fingerprint density at radius 2 is 1.52 bits per heavy atom. The number of hydrogen-bond acceptors (Lipinski definition) is 7. The molecule has 0 unspecified atom stereocenters. The van der Waals surface area contributed by atoms with Crippen LogP contribution in [0, 0.1) is 6.92 Å². The number of nitrogens with one attached hydrogen (secondary N) is 1. The third-order valence-electron chi connectivity index (χ3n) is 8.32. The average Bonchev–Trinajstić information content (AvgIpc) is 3.50. The first-order chi connectivity index (χ1) is 22.4. The maximum absolute atomic E-state index is 12.9. The van der Waals surface area contributed by atoms with Gasteiger partial charge in [0, 0.05) is 30.0 Å². The largest absolute Gasteiger partial charge is 0.507 e. The second kappa shape index (κ2) is 13.4. The van der Waals surface area contributed by atoms with E-state index in [4.69, 9.17) is 19.2 Å². The third kappa shape index (κ3) is 6.15.